The summed E-state index contributed by atoms with van der Waals surface area (Å²) in [5.41, 5.74) is 1.85. The monoisotopic (exact) mass is 331 g/mol. The van der Waals surface area contributed by atoms with Gasteiger partial charge in [0.1, 0.15) is 0 Å². The van der Waals surface area contributed by atoms with Gasteiger partial charge in [0, 0.05) is 31.4 Å². The quantitative estimate of drug-likeness (QED) is 0.807. The average molecular weight is 331 g/mol. The Morgan fingerprint density at radius 3 is 2.79 bits per heavy atom. The third-order valence-corrected chi connectivity index (χ3v) is 4.17. The van der Waals surface area contributed by atoms with Crippen molar-refractivity contribution in [1.29, 1.82) is 0 Å². The van der Waals surface area contributed by atoms with Crippen molar-refractivity contribution in [3.05, 3.63) is 30.1 Å². The highest BCUT2D eigenvalue weighted by molar-refractivity contribution is 5.84. The lowest BCUT2D eigenvalue weighted by Crippen LogP contribution is -2.38. The maximum Gasteiger partial charge on any atom is 0.168 e. The van der Waals surface area contributed by atoms with Crippen LogP contribution in [0.25, 0.3) is 11.1 Å². The standard InChI is InChI=1S/C17H21N3O4/c1-23-16-9-13(8-14(12-21)17(16)22)15-10-18-20(11-15)3-2-19-4-6-24-7-5-19/h8-12,22H,2-7H2,1H3. The fourth-order valence-electron chi connectivity index (χ4n) is 2.75. The molecule has 7 heteroatoms. The van der Waals surface area contributed by atoms with Crippen LogP contribution in [0.2, 0.25) is 0 Å². The minimum atomic E-state index is -0.143. The Morgan fingerprint density at radius 1 is 1.29 bits per heavy atom. The topological polar surface area (TPSA) is 76.8 Å². The summed E-state index contributed by atoms with van der Waals surface area (Å²) in [6.45, 7) is 5.18. The molecule has 1 saturated heterocycles. The molecule has 1 aliphatic rings. The van der Waals surface area contributed by atoms with Crippen LogP contribution in [0.5, 0.6) is 11.5 Å². The molecule has 0 atom stereocenters. The van der Waals surface area contributed by atoms with Crippen molar-refractivity contribution in [2.75, 3.05) is 40.0 Å². The SMILES string of the molecule is COc1cc(-c2cnn(CCN3CCOCC3)c2)cc(C=O)c1O. The summed E-state index contributed by atoms with van der Waals surface area (Å²) < 4.78 is 12.4. The highest BCUT2D eigenvalue weighted by Gasteiger charge is 2.13. The molecule has 0 amide bonds. The number of phenolic OH excluding ortho intramolecular Hbond substituents is 1. The van der Waals surface area contributed by atoms with Gasteiger partial charge in [-0.1, -0.05) is 0 Å². The van der Waals surface area contributed by atoms with Gasteiger partial charge in [0.05, 0.1) is 38.6 Å². The fraction of sp³-hybridized carbons (Fsp3) is 0.412. The number of aldehydes is 1. The van der Waals surface area contributed by atoms with Crippen LogP contribution in [0.4, 0.5) is 0 Å². The van der Waals surface area contributed by atoms with Crippen LogP contribution in [0.1, 0.15) is 10.4 Å². The molecule has 2 heterocycles. The maximum atomic E-state index is 11.1. The Morgan fingerprint density at radius 2 is 2.08 bits per heavy atom. The number of phenols is 1. The number of hydrogen-bond acceptors (Lipinski definition) is 6. The van der Waals surface area contributed by atoms with Crippen molar-refractivity contribution in [2.45, 2.75) is 6.54 Å². The Kier molecular flexibility index (Phi) is 5.12. The minimum Gasteiger partial charge on any atom is -0.504 e. The molecule has 128 valence electrons. The zero-order chi connectivity index (χ0) is 16.9. The molecule has 3 rings (SSSR count). The van der Waals surface area contributed by atoms with E-state index in [-0.39, 0.29) is 17.1 Å². The van der Waals surface area contributed by atoms with E-state index < -0.39 is 0 Å². The Bertz CT molecular complexity index is 708. The van der Waals surface area contributed by atoms with Crippen LogP contribution in [-0.2, 0) is 11.3 Å². The molecule has 0 spiro atoms. The number of aromatic nitrogens is 2. The number of rotatable bonds is 6. The van der Waals surface area contributed by atoms with Gasteiger partial charge in [-0.3, -0.25) is 14.4 Å². The molecule has 0 bridgehead atoms. The van der Waals surface area contributed by atoms with Crippen LogP contribution in [0.3, 0.4) is 0 Å². The van der Waals surface area contributed by atoms with Gasteiger partial charge in [0.2, 0.25) is 0 Å². The van der Waals surface area contributed by atoms with Crippen LogP contribution < -0.4 is 4.74 Å². The van der Waals surface area contributed by atoms with Crippen molar-refractivity contribution >= 4 is 6.29 Å². The lowest BCUT2D eigenvalue weighted by molar-refractivity contribution is 0.0360. The Hall–Kier alpha value is -2.38. The van der Waals surface area contributed by atoms with Gasteiger partial charge in [0.25, 0.3) is 0 Å². The van der Waals surface area contributed by atoms with E-state index in [1.165, 1.54) is 7.11 Å². The van der Waals surface area contributed by atoms with Crippen LogP contribution in [0, 0.1) is 0 Å². The summed E-state index contributed by atoms with van der Waals surface area (Å²) in [6.07, 6.45) is 4.30. The lowest BCUT2D eigenvalue weighted by Gasteiger charge is -2.26. The predicted octanol–water partition coefficient (Wildman–Crippen LogP) is 1.41. The van der Waals surface area contributed by atoms with Gasteiger partial charge in [-0.05, 0) is 17.7 Å². The molecule has 0 aliphatic carbocycles. The molecular weight excluding hydrogens is 310 g/mol. The largest absolute Gasteiger partial charge is 0.504 e. The van der Waals surface area contributed by atoms with E-state index in [9.17, 15) is 9.90 Å². The second-order valence-corrected chi connectivity index (χ2v) is 5.68. The summed E-state index contributed by atoms with van der Waals surface area (Å²) in [5, 5.41) is 14.3. The molecule has 1 fully saturated rings. The first-order valence-corrected chi connectivity index (χ1v) is 7.90. The van der Waals surface area contributed by atoms with Crippen molar-refractivity contribution in [3.8, 4) is 22.6 Å². The number of aromatic hydroxyl groups is 1. The molecule has 24 heavy (non-hydrogen) atoms. The first-order valence-electron chi connectivity index (χ1n) is 7.90. The molecule has 0 unspecified atom stereocenters. The second-order valence-electron chi connectivity index (χ2n) is 5.68. The van der Waals surface area contributed by atoms with Gasteiger partial charge >= 0.3 is 0 Å². The highest BCUT2D eigenvalue weighted by Crippen LogP contribution is 2.34. The van der Waals surface area contributed by atoms with E-state index in [0.29, 0.717) is 6.29 Å². The number of carbonyl (C=O) groups excluding carboxylic acids is 1. The van der Waals surface area contributed by atoms with Crippen molar-refractivity contribution in [1.82, 2.24) is 14.7 Å². The Balaban J connectivity index is 1.74. The third-order valence-electron chi connectivity index (χ3n) is 4.17. The van der Waals surface area contributed by atoms with E-state index in [4.69, 9.17) is 9.47 Å². The van der Waals surface area contributed by atoms with Crippen LogP contribution in [0.15, 0.2) is 24.5 Å². The minimum absolute atomic E-state index is 0.143. The smallest absolute Gasteiger partial charge is 0.168 e. The second kappa shape index (κ2) is 7.46. The van der Waals surface area contributed by atoms with E-state index in [0.717, 1.165) is 50.5 Å². The first-order chi connectivity index (χ1) is 11.7. The first kappa shape index (κ1) is 16.5. The van der Waals surface area contributed by atoms with E-state index in [1.54, 1.807) is 18.3 Å². The fourth-order valence-corrected chi connectivity index (χ4v) is 2.75. The summed E-state index contributed by atoms with van der Waals surface area (Å²) in [4.78, 5) is 13.5. The molecule has 7 nitrogen and oxygen atoms in total. The summed E-state index contributed by atoms with van der Waals surface area (Å²) in [5.74, 6) is 0.131. The number of methoxy groups -OCH3 is 1. The summed E-state index contributed by atoms with van der Waals surface area (Å²) in [6, 6.07) is 3.33. The van der Waals surface area contributed by atoms with E-state index in [2.05, 4.69) is 10.00 Å². The van der Waals surface area contributed by atoms with Gasteiger partial charge in [-0.2, -0.15) is 5.10 Å². The number of carbonyl (C=O) groups is 1. The molecule has 0 radical (unpaired) electrons. The summed E-state index contributed by atoms with van der Waals surface area (Å²) in [7, 11) is 1.46. The van der Waals surface area contributed by atoms with E-state index in [1.807, 2.05) is 10.9 Å². The van der Waals surface area contributed by atoms with Crippen molar-refractivity contribution in [2.24, 2.45) is 0 Å². The van der Waals surface area contributed by atoms with Crippen LogP contribution >= 0.6 is 0 Å². The zero-order valence-electron chi connectivity index (χ0n) is 13.6. The molecule has 1 aromatic carbocycles. The van der Waals surface area contributed by atoms with Crippen molar-refractivity contribution in [3.63, 3.8) is 0 Å². The number of benzene rings is 1. The molecule has 0 saturated carbocycles. The van der Waals surface area contributed by atoms with Gasteiger partial charge in [-0.15, -0.1) is 0 Å². The number of nitrogens with zero attached hydrogens (tertiary/aromatic N) is 3. The number of hydrogen-bond donors (Lipinski definition) is 1. The summed E-state index contributed by atoms with van der Waals surface area (Å²) >= 11 is 0. The number of ether oxygens (including phenoxy) is 2. The molecule has 1 aliphatic heterocycles. The number of morpholine rings is 1. The third kappa shape index (κ3) is 3.58. The predicted molar refractivity (Wildman–Crippen MR) is 88.5 cm³/mol. The van der Waals surface area contributed by atoms with Crippen molar-refractivity contribution < 1.29 is 19.4 Å². The average Bonchev–Trinajstić information content (AvgIpc) is 3.10. The molecule has 2 aromatic rings. The zero-order valence-corrected chi connectivity index (χ0v) is 13.6. The van der Waals surface area contributed by atoms with Crippen LogP contribution in [-0.4, -0.2) is 66.0 Å². The lowest BCUT2D eigenvalue weighted by atomic mass is 10.1. The van der Waals surface area contributed by atoms with Gasteiger partial charge in [0.15, 0.2) is 17.8 Å². The molecule has 1 aromatic heterocycles. The highest BCUT2D eigenvalue weighted by atomic mass is 16.5. The Labute approximate surface area is 140 Å². The normalized spacial score (nSPS) is 15.4. The molecule has 1 N–H and O–H groups in total. The van der Waals surface area contributed by atoms with E-state index >= 15 is 0 Å². The van der Waals surface area contributed by atoms with Gasteiger partial charge in [-0.25, -0.2) is 0 Å². The molecular formula is C17H21N3O4. The van der Waals surface area contributed by atoms with Gasteiger partial charge < -0.3 is 14.6 Å². The maximum absolute atomic E-state index is 11.1.